The van der Waals surface area contributed by atoms with Gasteiger partial charge in [0.25, 0.3) is 5.91 Å². The highest BCUT2D eigenvalue weighted by Crippen LogP contribution is 2.32. The summed E-state index contributed by atoms with van der Waals surface area (Å²) in [6.45, 7) is 1.98. The minimum Gasteiger partial charge on any atom is -0.454 e. The monoisotopic (exact) mass is 350 g/mol. The summed E-state index contributed by atoms with van der Waals surface area (Å²) in [5.41, 5.74) is 5.36. The van der Waals surface area contributed by atoms with Gasteiger partial charge in [-0.05, 0) is 53.2 Å². The minimum absolute atomic E-state index is 0.165. The predicted molar refractivity (Wildman–Crippen MR) is 91.4 cm³/mol. The van der Waals surface area contributed by atoms with Crippen LogP contribution in [0.1, 0.15) is 22.8 Å². The maximum atomic E-state index is 12.2. The maximum Gasteiger partial charge on any atom is 0.271 e. The van der Waals surface area contributed by atoms with Crippen LogP contribution >= 0.6 is 0 Å². The molecule has 0 atom stereocenters. The van der Waals surface area contributed by atoms with Crippen LogP contribution in [0.5, 0.6) is 11.5 Å². The lowest BCUT2D eigenvalue weighted by atomic mass is 10.1. The second kappa shape index (κ2) is 6.63. The van der Waals surface area contributed by atoms with Crippen LogP contribution in [0.25, 0.3) is 5.69 Å². The van der Waals surface area contributed by atoms with E-state index < -0.39 is 0 Å². The molecule has 1 amide bonds. The van der Waals surface area contributed by atoms with Crippen molar-refractivity contribution >= 4 is 11.6 Å². The topological polar surface area (TPSA) is 104 Å². The van der Waals surface area contributed by atoms with Gasteiger partial charge in [0.05, 0.1) is 11.4 Å². The molecule has 1 aliphatic heterocycles. The van der Waals surface area contributed by atoms with Crippen LogP contribution in [0, 0.1) is 0 Å². The van der Waals surface area contributed by atoms with Gasteiger partial charge < -0.3 is 9.47 Å². The molecule has 9 nitrogen and oxygen atoms in total. The third-order valence-electron chi connectivity index (χ3n) is 3.86. The molecule has 0 saturated heterocycles. The van der Waals surface area contributed by atoms with E-state index in [4.69, 9.17) is 9.47 Å². The summed E-state index contributed by atoms with van der Waals surface area (Å²) in [5.74, 6) is 0.855. The fourth-order valence-corrected chi connectivity index (χ4v) is 2.44. The Morgan fingerprint density at radius 1 is 1.12 bits per heavy atom. The third-order valence-corrected chi connectivity index (χ3v) is 3.86. The number of fused-ring (bicyclic) bond motifs is 1. The molecule has 130 valence electrons. The second-order valence-electron chi connectivity index (χ2n) is 5.51. The summed E-state index contributed by atoms with van der Waals surface area (Å²) in [7, 11) is 0. The van der Waals surface area contributed by atoms with Crippen LogP contribution in [-0.4, -0.2) is 38.6 Å². The van der Waals surface area contributed by atoms with Crippen LogP contribution < -0.4 is 14.9 Å². The molecule has 1 N–H and O–H groups in total. The SMILES string of the molecule is CC(=NNC(=O)c1ccc2c(c1)OCO2)c1ccc(-n2cnnn2)cc1. The molecule has 0 bridgehead atoms. The van der Waals surface area contributed by atoms with Gasteiger partial charge in [-0.25, -0.2) is 10.1 Å². The first kappa shape index (κ1) is 15.8. The zero-order chi connectivity index (χ0) is 17.9. The molecule has 3 aromatic rings. The molecule has 4 rings (SSSR count). The van der Waals surface area contributed by atoms with Gasteiger partial charge in [0.15, 0.2) is 11.5 Å². The van der Waals surface area contributed by atoms with Crippen LogP contribution in [0.3, 0.4) is 0 Å². The van der Waals surface area contributed by atoms with Gasteiger partial charge in [-0.2, -0.15) is 5.10 Å². The van der Waals surface area contributed by atoms with Crippen LogP contribution in [0.15, 0.2) is 53.9 Å². The smallest absolute Gasteiger partial charge is 0.271 e. The van der Waals surface area contributed by atoms with E-state index in [-0.39, 0.29) is 12.7 Å². The van der Waals surface area contributed by atoms with E-state index in [1.54, 1.807) is 22.9 Å². The Morgan fingerprint density at radius 3 is 2.65 bits per heavy atom. The number of nitrogens with zero attached hydrogens (tertiary/aromatic N) is 5. The predicted octanol–water partition coefficient (Wildman–Crippen LogP) is 1.54. The van der Waals surface area contributed by atoms with Crippen molar-refractivity contribution in [3.05, 3.63) is 59.9 Å². The van der Waals surface area contributed by atoms with Gasteiger partial charge in [-0.3, -0.25) is 4.79 Å². The Balaban J connectivity index is 1.45. The molecule has 1 aliphatic rings. The van der Waals surface area contributed by atoms with Gasteiger partial charge in [-0.1, -0.05) is 12.1 Å². The summed E-state index contributed by atoms with van der Waals surface area (Å²) >= 11 is 0. The molecule has 0 saturated carbocycles. The van der Waals surface area contributed by atoms with E-state index in [0.717, 1.165) is 11.3 Å². The summed E-state index contributed by atoms with van der Waals surface area (Å²) in [6.07, 6.45) is 1.52. The number of rotatable bonds is 4. The quantitative estimate of drug-likeness (QED) is 0.565. The lowest BCUT2D eigenvalue weighted by molar-refractivity contribution is 0.0954. The van der Waals surface area contributed by atoms with Crippen molar-refractivity contribution in [2.45, 2.75) is 6.92 Å². The van der Waals surface area contributed by atoms with Gasteiger partial charge in [0, 0.05) is 5.56 Å². The van der Waals surface area contributed by atoms with Crippen molar-refractivity contribution in [3.8, 4) is 17.2 Å². The molecule has 0 aliphatic carbocycles. The number of tetrazole rings is 1. The minimum atomic E-state index is -0.326. The number of amides is 1. The normalized spacial score (nSPS) is 12.9. The molecule has 2 aromatic carbocycles. The number of ether oxygens (including phenoxy) is 2. The van der Waals surface area contributed by atoms with E-state index in [1.807, 2.05) is 31.2 Å². The number of nitrogens with one attached hydrogen (secondary N) is 1. The van der Waals surface area contributed by atoms with Gasteiger partial charge in [-0.15, -0.1) is 5.10 Å². The summed E-state index contributed by atoms with van der Waals surface area (Å²) < 4.78 is 12.1. The third kappa shape index (κ3) is 3.09. The van der Waals surface area contributed by atoms with Crippen molar-refractivity contribution in [2.75, 3.05) is 6.79 Å². The van der Waals surface area contributed by atoms with Crippen molar-refractivity contribution < 1.29 is 14.3 Å². The Morgan fingerprint density at radius 2 is 1.88 bits per heavy atom. The number of benzene rings is 2. The maximum absolute atomic E-state index is 12.2. The van der Waals surface area contributed by atoms with E-state index in [1.165, 1.54) is 6.33 Å². The number of carbonyl (C=O) groups is 1. The standard InChI is InChI=1S/C17H14N6O3/c1-11(12-2-5-14(6-3-12)23-9-18-21-22-23)19-20-17(24)13-4-7-15-16(8-13)26-10-25-15/h2-9H,10H2,1H3,(H,20,24). The molecular weight excluding hydrogens is 336 g/mol. The molecule has 0 radical (unpaired) electrons. The molecule has 26 heavy (non-hydrogen) atoms. The molecule has 9 heteroatoms. The highest BCUT2D eigenvalue weighted by Gasteiger charge is 2.16. The first-order valence-electron chi connectivity index (χ1n) is 7.79. The lowest BCUT2D eigenvalue weighted by Crippen LogP contribution is -2.19. The zero-order valence-corrected chi connectivity index (χ0v) is 13.8. The molecule has 0 unspecified atom stereocenters. The number of hydrogen-bond donors (Lipinski definition) is 1. The Hall–Kier alpha value is -3.75. The van der Waals surface area contributed by atoms with Crippen LogP contribution in [0.4, 0.5) is 0 Å². The molecular formula is C17H14N6O3. The molecule has 0 spiro atoms. The Bertz CT molecular complexity index is 967. The average Bonchev–Trinajstić information content (AvgIpc) is 3.37. The first-order valence-corrected chi connectivity index (χ1v) is 7.79. The second-order valence-corrected chi connectivity index (χ2v) is 5.51. The number of hydrazone groups is 1. The van der Waals surface area contributed by atoms with E-state index in [2.05, 4.69) is 26.1 Å². The van der Waals surface area contributed by atoms with Crippen molar-refractivity contribution in [1.82, 2.24) is 25.6 Å². The number of carbonyl (C=O) groups excluding carboxylic acids is 1. The van der Waals surface area contributed by atoms with Gasteiger partial charge in [0.1, 0.15) is 6.33 Å². The first-order chi connectivity index (χ1) is 12.7. The molecule has 1 aromatic heterocycles. The molecule has 0 fully saturated rings. The highest BCUT2D eigenvalue weighted by atomic mass is 16.7. The van der Waals surface area contributed by atoms with Crippen molar-refractivity contribution in [2.24, 2.45) is 5.10 Å². The fourth-order valence-electron chi connectivity index (χ4n) is 2.44. The Kier molecular flexibility index (Phi) is 4.02. The van der Waals surface area contributed by atoms with Crippen LogP contribution in [0.2, 0.25) is 0 Å². The van der Waals surface area contributed by atoms with E-state index in [9.17, 15) is 4.79 Å². The van der Waals surface area contributed by atoms with Gasteiger partial charge in [0.2, 0.25) is 6.79 Å². The van der Waals surface area contributed by atoms with Crippen molar-refractivity contribution in [3.63, 3.8) is 0 Å². The Labute approximate surface area is 148 Å². The average molecular weight is 350 g/mol. The summed E-state index contributed by atoms with van der Waals surface area (Å²) in [5, 5.41) is 15.2. The number of aromatic nitrogens is 4. The van der Waals surface area contributed by atoms with Crippen LogP contribution in [-0.2, 0) is 0 Å². The molecule has 2 heterocycles. The number of hydrogen-bond acceptors (Lipinski definition) is 7. The lowest BCUT2D eigenvalue weighted by Gasteiger charge is -2.05. The zero-order valence-electron chi connectivity index (χ0n) is 13.8. The largest absolute Gasteiger partial charge is 0.454 e. The highest BCUT2D eigenvalue weighted by molar-refractivity contribution is 6.01. The summed E-state index contributed by atoms with van der Waals surface area (Å²) in [6, 6.07) is 12.5. The van der Waals surface area contributed by atoms with E-state index >= 15 is 0 Å². The van der Waals surface area contributed by atoms with Gasteiger partial charge >= 0.3 is 0 Å². The summed E-state index contributed by atoms with van der Waals surface area (Å²) in [4.78, 5) is 12.2. The van der Waals surface area contributed by atoms with Crippen molar-refractivity contribution in [1.29, 1.82) is 0 Å². The fraction of sp³-hybridized carbons (Fsp3) is 0.118. The van der Waals surface area contributed by atoms with E-state index in [0.29, 0.717) is 22.8 Å².